The Kier molecular flexibility index (Phi) is 5.59. The number of ether oxygens (including phenoxy) is 2. The van der Waals surface area contributed by atoms with Crippen molar-refractivity contribution in [1.82, 2.24) is 10.3 Å². The molecule has 2 aromatic rings. The largest absolute Gasteiger partial charge is 0.497 e. The van der Waals surface area contributed by atoms with Gasteiger partial charge >= 0.3 is 0 Å². The van der Waals surface area contributed by atoms with Gasteiger partial charge in [-0.25, -0.2) is 0 Å². The lowest BCUT2D eigenvalue weighted by atomic mass is 9.99. The van der Waals surface area contributed by atoms with Crippen LogP contribution in [0.5, 0.6) is 11.5 Å². The van der Waals surface area contributed by atoms with Gasteiger partial charge < -0.3 is 14.8 Å². The van der Waals surface area contributed by atoms with Gasteiger partial charge in [-0.3, -0.25) is 4.98 Å². The molecular formula is C16H19BrN2O2. The van der Waals surface area contributed by atoms with Gasteiger partial charge in [-0.1, -0.05) is 6.92 Å². The number of aromatic nitrogens is 1. The van der Waals surface area contributed by atoms with Crippen molar-refractivity contribution in [3.05, 3.63) is 52.3 Å². The third-order valence-electron chi connectivity index (χ3n) is 3.17. The van der Waals surface area contributed by atoms with Crippen LogP contribution in [0.4, 0.5) is 0 Å². The minimum Gasteiger partial charge on any atom is -0.497 e. The second kappa shape index (κ2) is 7.43. The van der Waals surface area contributed by atoms with E-state index in [0.29, 0.717) is 0 Å². The molecule has 0 aliphatic rings. The van der Waals surface area contributed by atoms with Crippen LogP contribution in [0.1, 0.15) is 24.1 Å². The van der Waals surface area contributed by atoms with E-state index in [9.17, 15) is 0 Å². The van der Waals surface area contributed by atoms with E-state index in [4.69, 9.17) is 9.47 Å². The number of methoxy groups -OCH3 is 2. The maximum Gasteiger partial charge on any atom is 0.122 e. The summed E-state index contributed by atoms with van der Waals surface area (Å²) in [7, 11) is 3.31. The highest BCUT2D eigenvalue weighted by Gasteiger charge is 2.16. The number of nitrogens with zero attached hydrogens (tertiary/aromatic N) is 1. The van der Waals surface area contributed by atoms with Crippen LogP contribution in [0.3, 0.4) is 0 Å². The van der Waals surface area contributed by atoms with Crippen molar-refractivity contribution < 1.29 is 9.47 Å². The van der Waals surface area contributed by atoms with Gasteiger partial charge in [0.25, 0.3) is 0 Å². The van der Waals surface area contributed by atoms with Crippen LogP contribution in [0.15, 0.2) is 41.1 Å². The number of nitrogens with one attached hydrogen (secondary N) is 1. The lowest BCUT2D eigenvalue weighted by Gasteiger charge is -2.20. The van der Waals surface area contributed by atoms with Crippen LogP contribution in [0, 0.1) is 0 Å². The Morgan fingerprint density at radius 1 is 1.05 bits per heavy atom. The van der Waals surface area contributed by atoms with Gasteiger partial charge in [0.2, 0.25) is 0 Å². The van der Waals surface area contributed by atoms with E-state index < -0.39 is 0 Å². The molecular weight excluding hydrogens is 332 g/mol. The molecule has 1 N–H and O–H groups in total. The molecule has 21 heavy (non-hydrogen) atoms. The summed E-state index contributed by atoms with van der Waals surface area (Å²) >= 11 is 3.47. The number of hydrogen-bond donors (Lipinski definition) is 1. The minimum atomic E-state index is 0.0315. The van der Waals surface area contributed by atoms with Crippen molar-refractivity contribution in [2.24, 2.45) is 0 Å². The van der Waals surface area contributed by atoms with Crippen molar-refractivity contribution in [3.8, 4) is 11.5 Å². The van der Waals surface area contributed by atoms with Gasteiger partial charge in [-0.15, -0.1) is 0 Å². The smallest absolute Gasteiger partial charge is 0.122 e. The molecule has 1 unspecified atom stereocenters. The number of rotatable bonds is 6. The topological polar surface area (TPSA) is 43.4 Å². The van der Waals surface area contributed by atoms with Gasteiger partial charge in [0.15, 0.2) is 0 Å². The summed E-state index contributed by atoms with van der Waals surface area (Å²) in [6.45, 7) is 2.92. The fourth-order valence-corrected chi connectivity index (χ4v) is 2.60. The zero-order valence-corrected chi connectivity index (χ0v) is 14.0. The Labute approximate surface area is 133 Å². The number of benzene rings is 1. The first-order valence-electron chi connectivity index (χ1n) is 6.74. The molecule has 1 aromatic carbocycles. The maximum atomic E-state index is 5.35. The second-order valence-corrected chi connectivity index (χ2v) is 5.49. The van der Waals surface area contributed by atoms with Crippen LogP contribution in [0.2, 0.25) is 0 Å². The molecule has 112 valence electrons. The summed E-state index contributed by atoms with van der Waals surface area (Å²) in [6, 6.07) is 7.98. The van der Waals surface area contributed by atoms with Gasteiger partial charge in [0.05, 0.1) is 20.3 Å². The molecule has 0 fully saturated rings. The highest BCUT2D eigenvalue weighted by Crippen LogP contribution is 2.30. The van der Waals surface area contributed by atoms with E-state index in [1.807, 2.05) is 24.4 Å². The lowest BCUT2D eigenvalue weighted by Crippen LogP contribution is -2.22. The Morgan fingerprint density at radius 2 is 1.71 bits per heavy atom. The predicted molar refractivity (Wildman–Crippen MR) is 87.0 cm³/mol. The maximum absolute atomic E-state index is 5.35. The Hall–Kier alpha value is -1.59. The molecule has 0 aliphatic heterocycles. The second-order valence-electron chi connectivity index (χ2n) is 4.57. The molecule has 2 rings (SSSR count). The van der Waals surface area contributed by atoms with Gasteiger partial charge in [0.1, 0.15) is 11.5 Å². The third kappa shape index (κ3) is 3.95. The zero-order valence-electron chi connectivity index (χ0n) is 12.4. The Balaban J connectivity index is 2.46. The standard InChI is InChI=1S/C16H19BrN2O2/c1-4-19-16(12-5-13(17)10-18-9-12)11-6-14(20-2)8-15(7-11)21-3/h5-10,16,19H,4H2,1-3H3. The Morgan fingerprint density at radius 3 is 2.24 bits per heavy atom. The summed E-state index contributed by atoms with van der Waals surface area (Å²) in [4.78, 5) is 4.25. The SMILES string of the molecule is CCNC(c1cncc(Br)c1)c1cc(OC)cc(OC)c1. The van der Waals surface area contributed by atoms with E-state index in [0.717, 1.165) is 33.6 Å². The van der Waals surface area contributed by atoms with Gasteiger partial charge in [0, 0.05) is 22.9 Å². The third-order valence-corrected chi connectivity index (χ3v) is 3.61. The molecule has 0 saturated carbocycles. The van der Waals surface area contributed by atoms with E-state index in [1.165, 1.54) is 0 Å². The zero-order chi connectivity index (χ0) is 15.2. The first-order valence-corrected chi connectivity index (χ1v) is 7.54. The molecule has 1 atom stereocenters. The highest BCUT2D eigenvalue weighted by molar-refractivity contribution is 9.10. The average molecular weight is 351 g/mol. The molecule has 4 nitrogen and oxygen atoms in total. The summed E-state index contributed by atoms with van der Waals surface area (Å²) in [6.07, 6.45) is 3.64. The van der Waals surface area contributed by atoms with E-state index in [1.54, 1.807) is 20.4 Å². The fraction of sp³-hybridized carbons (Fsp3) is 0.312. The molecule has 0 saturated heterocycles. The van der Waals surface area contributed by atoms with Crippen molar-refractivity contribution in [2.75, 3.05) is 20.8 Å². The normalized spacial score (nSPS) is 12.0. The molecule has 0 spiro atoms. The average Bonchev–Trinajstić information content (AvgIpc) is 2.52. The Bertz CT molecular complexity index is 582. The molecule has 0 aliphatic carbocycles. The summed E-state index contributed by atoms with van der Waals surface area (Å²) < 4.78 is 11.7. The van der Waals surface area contributed by atoms with E-state index in [-0.39, 0.29) is 6.04 Å². The van der Waals surface area contributed by atoms with Gasteiger partial charge in [-0.05, 0) is 51.8 Å². The summed E-state index contributed by atoms with van der Waals surface area (Å²) in [5.41, 5.74) is 2.16. The number of pyridine rings is 1. The minimum absolute atomic E-state index is 0.0315. The first kappa shape index (κ1) is 15.8. The fourth-order valence-electron chi connectivity index (χ4n) is 2.21. The van der Waals surface area contributed by atoms with Crippen LogP contribution in [-0.2, 0) is 0 Å². The van der Waals surface area contributed by atoms with Crippen molar-refractivity contribution in [1.29, 1.82) is 0 Å². The van der Waals surface area contributed by atoms with E-state index in [2.05, 4.69) is 39.2 Å². The van der Waals surface area contributed by atoms with Crippen LogP contribution < -0.4 is 14.8 Å². The lowest BCUT2D eigenvalue weighted by molar-refractivity contribution is 0.392. The van der Waals surface area contributed by atoms with Crippen LogP contribution in [0.25, 0.3) is 0 Å². The quantitative estimate of drug-likeness (QED) is 0.864. The predicted octanol–water partition coefficient (Wildman–Crippen LogP) is 3.56. The van der Waals surface area contributed by atoms with Crippen LogP contribution in [-0.4, -0.2) is 25.7 Å². The number of hydrogen-bond acceptors (Lipinski definition) is 4. The molecule has 1 aromatic heterocycles. The highest BCUT2D eigenvalue weighted by atomic mass is 79.9. The molecule has 5 heteroatoms. The van der Waals surface area contributed by atoms with Gasteiger partial charge in [-0.2, -0.15) is 0 Å². The molecule has 0 amide bonds. The summed E-state index contributed by atoms with van der Waals surface area (Å²) in [5.74, 6) is 1.55. The first-order chi connectivity index (χ1) is 10.2. The monoisotopic (exact) mass is 350 g/mol. The molecule has 1 heterocycles. The summed E-state index contributed by atoms with van der Waals surface area (Å²) in [5, 5.41) is 3.47. The van der Waals surface area contributed by atoms with Crippen molar-refractivity contribution >= 4 is 15.9 Å². The van der Waals surface area contributed by atoms with E-state index >= 15 is 0 Å². The van der Waals surface area contributed by atoms with Crippen molar-refractivity contribution in [3.63, 3.8) is 0 Å². The molecule has 0 radical (unpaired) electrons. The van der Waals surface area contributed by atoms with Crippen LogP contribution >= 0.6 is 15.9 Å². The molecule has 0 bridgehead atoms. The van der Waals surface area contributed by atoms with Crippen molar-refractivity contribution in [2.45, 2.75) is 13.0 Å². The number of halogens is 1.